The first kappa shape index (κ1) is 32.9. The van der Waals surface area contributed by atoms with Gasteiger partial charge in [0, 0.05) is 39.3 Å². The molecule has 9 heavy (non-hydrogen) atoms. The van der Waals surface area contributed by atoms with Crippen LogP contribution in [-0.4, -0.2) is 6.61 Å². The second kappa shape index (κ2) is 37.1. The van der Waals surface area contributed by atoms with E-state index < -0.39 is 0 Å². The number of rotatable bonds is 2. The Balaban J connectivity index is -0.0000000133. The van der Waals surface area contributed by atoms with Crippen molar-refractivity contribution in [2.75, 3.05) is 6.61 Å². The van der Waals surface area contributed by atoms with Gasteiger partial charge in [0.2, 0.25) is 0 Å². The summed E-state index contributed by atoms with van der Waals surface area (Å²) in [6.45, 7) is 3.93. The fourth-order valence-corrected chi connectivity index (χ4v) is 0.0833. The van der Waals surface area contributed by atoms with Gasteiger partial charge in [-0.3, -0.25) is 0 Å². The van der Waals surface area contributed by atoms with Gasteiger partial charge in [0.05, 0.1) is 0 Å². The molecule has 0 aliphatic rings. The molecular weight excluding hydrogens is 189 g/mol. The summed E-state index contributed by atoms with van der Waals surface area (Å²) in [7, 11) is 3.10. The van der Waals surface area contributed by atoms with Crippen LogP contribution in [0.3, 0.4) is 0 Å². The molecule has 1 radical (unpaired) electrons. The van der Waals surface area contributed by atoms with E-state index in [0.29, 0.717) is 6.61 Å². The Hall–Kier alpha value is 0.804. The minimum Gasteiger partial charge on any atom is -0.552 e. The Kier molecular flexibility index (Phi) is 136. The van der Waals surface area contributed by atoms with Gasteiger partial charge in [0.25, 0.3) is 0 Å². The van der Waals surface area contributed by atoms with E-state index in [1.165, 1.54) is 0 Å². The topological polar surface area (TPSA) is 9.23 Å². The zero-order chi connectivity index (χ0) is 4.12. The maximum absolute atomic E-state index is 4.32. The molecule has 0 atom stereocenters. The van der Waals surface area contributed by atoms with Crippen molar-refractivity contribution in [3.8, 4) is 0 Å². The van der Waals surface area contributed by atoms with E-state index in [1.807, 2.05) is 0 Å². The fraction of sp³-hybridized carbons (Fsp3) is 0.571. The molecule has 0 heterocycles. The van der Waals surface area contributed by atoms with Crippen LogP contribution >= 0.6 is 0 Å². The molecular formula is C7H19OY-. The van der Waals surface area contributed by atoms with Crippen molar-refractivity contribution >= 4 is 0 Å². The van der Waals surface area contributed by atoms with Gasteiger partial charge in [-0.05, 0) is 0 Å². The Labute approximate surface area is 85.8 Å². The largest absolute Gasteiger partial charge is 0.552 e. The Morgan fingerprint density at radius 2 is 1.67 bits per heavy atom. The van der Waals surface area contributed by atoms with E-state index in [9.17, 15) is 0 Å². The van der Waals surface area contributed by atoms with E-state index in [2.05, 4.69) is 18.4 Å². The summed E-state index contributed by atoms with van der Waals surface area (Å²) in [5, 5.41) is 0. The van der Waals surface area contributed by atoms with Crippen molar-refractivity contribution in [3.63, 3.8) is 0 Å². The smallest absolute Gasteiger partial charge is 0.0298 e. The molecule has 0 amide bonds. The summed E-state index contributed by atoms with van der Waals surface area (Å²) in [5.41, 5.74) is 0. The molecule has 0 fully saturated rings. The zero-order valence-electron chi connectivity index (χ0n) is 3.68. The summed E-state index contributed by atoms with van der Waals surface area (Å²) in [4.78, 5) is 0. The first-order valence-electron chi connectivity index (χ1n) is 1.39. The molecule has 0 N–H and O–H groups in total. The van der Waals surface area contributed by atoms with Crippen LogP contribution in [0.5, 0.6) is 0 Å². The maximum Gasteiger partial charge on any atom is 0.0298 e. The minimum atomic E-state index is 0. The van der Waals surface area contributed by atoms with Gasteiger partial charge >= 0.3 is 0 Å². The molecule has 0 bridgehead atoms. The van der Waals surface area contributed by atoms with Gasteiger partial charge in [-0.15, -0.1) is 6.58 Å². The number of ether oxygens (including phenoxy) is 1. The Morgan fingerprint density at radius 1 is 1.33 bits per heavy atom. The van der Waals surface area contributed by atoms with Crippen LogP contribution in [0.15, 0.2) is 12.7 Å². The molecule has 0 unspecified atom stereocenters. The summed E-state index contributed by atoms with van der Waals surface area (Å²) < 4.78 is 4.32. The van der Waals surface area contributed by atoms with Crippen LogP contribution in [0.4, 0.5) is 0 Å². The Bertz CT molecular complexity index is 30.1. The molecule has 0 aliphatic carbocycles. The summed E-state index contributed by atoms with van der Waals surface area (Å²) in [6.07, 6.45) is 1.65. The third kappa shape index (κ3) is 51.8. The molecule has 0 aromatic heterocycles. The van der Waals surface area contributed by atoms with Gasteiger partial charge in [0.15, 0.2) is 0 Å². The van der Waals surface area contributed by atoms with Crippen LogP contribution in [-0.2, 0) is 37.4 Å². The maximum atomic E-state index is 4.32. The molecule has 0 rings (SSSR count). The van der Waals surface area contributed by atoms with Crippen LogP contribution < -0.4 is 0 Å². The normalized spacial score (nSPS) is 4.11. The fourth-order valence-electron chi connectivity index (χ4n) is 0.0833. The molecule has 0 saturated carbocycles. The van der Waals surface area contributed by atoms with Crippen LogP contribution in [0.25, 0.3) is 0 Å². The summed E-state index contributed by atoms with van der Waals surface area (Å²) in [5.74, 6) is 0. The van der Waals surface area contributed by atoms with E-state index in [0.717, 1.165) is 0 Å². The van der Waals surface area contributed by atoms with Crippen LogP contribution in [0, 0.1) is 7.11 Å². The molecule has 2 heteroatoms. The van der Waals surface area contributed by atoms with E-state index >= 15 is 0 Å². The summed E-state index contributed by atoms with van der Waals surface area (Å²) in [6, 6.07) is 0. The second-order valence-electron chi connectivity index (χ2n) is 0.659. The zero-order valence-corrected chi connectivity index (χ0v) is 6.52. The van der Waals surface area contributed by atoms with Crippen molar-refractivity contribution in [3.05, 3.63) is 19.8 Å². The van der Waals surface area contributed by atoms with Gasteiger partial charge < -0.3 is 4.74 Å². The van der Waals surface area contributed by atoms with Gasteiger partial charge in [-0.25, -0.2) is 7.11 Å². The third-order valence-corrected chi connectivity index (χ3v) is 0.236. The molecule has 0 spiro atoms. The second-order valence-corrected chi connectivity index (χ2v) is 0.659. The molecule has 57 valence electrons. The monoisotopic (exact) mass is 208 g/mol. The van der Waals surface area contributed by atoms with Gasteiger partial charge in [-0.2, -0.15) is 0 Å². The minimum absolute atomic E-state index is 0. The predicted octanol–water partition coefficient (Wildman–Crippen LogP) is 2.89. The van der Waals surface area contributed by atoms with Gasteiger partial charge in [0.1, 0.15) is 0 Å². The molecule has 0 aliphatic heterocycles. The third-order valence-electron chi connectivity index (χ3n) is 0.236. The molecule has 0 saturated heterocycles. The van der Waals surface area contributed by atoms with Crippen LogP contribution in [0.2, 0.25) is 0 Å². The molecule has 0 aromatic carbocycles. The van der Waals surface area contributed by atoms with Crippen LogP contribution in [0.1, 0.15) is 22.3 Å². The standard InChI is InChI=1S/C4H7O.3CH4.Y/c1-3-4-5-2;;;;/h3H,1-2,4H2;3*1H4;/q-1;;;;. The number of hydrogen-bond acceptors (Lipinski definition) is 1. The molecule has 0 aromatic rings. The van der Waals surface area contributed by atoms with E-state index in [1.54, 1.807) is 6.08 Å². The SMILES string of the molecule is C.C.C.C=CCO[CH2-].[Y]. The van der Waals surface area contributed by atoms with Crippen molar-refractivity contribution < 1.29 is 37.4 Å². The van der Waals surface area contributed by atoms with Crippen molar-refractivity contribution in [2.45, 2.75) is 22.3 Å². The van der Waals surface area contributed by atoms with Gasteiger partial charge in [-0.1, -0.05) is 28.4 Å². The number of hydrogen-bond donors (Lipinski definition) is 0. The van der Waals surface area contributed by atoms with E-state index in [4.69, 9.17) is 0 Å². The molecule has 1 nitrogen and oxygen atoms in total. The van der Waals surface area contributed by atoms with Crippen molar-refractivity contribution in [2.24, 2.45) is 0 Å². The first-order valence-corrected chi connectivity index (χ1v) is 1.39. The first-order chi connectivity index (χ1) is 2.41. The average Bonchev–Trinajstić information content (AvgIpc) is 1.41. The Morgan fingerprint density at radius 3 is 1.67 bits per heavy atom. The average molecular weight is 208 g/mol. The predicted molar refractivity (Wildman–Crippen MR) is 41.7 cm³/mol. The van der Waals surface area contributed by atoms with Crippen molar-refractivity contribution in [1.82, 2.24) is 0 Å². The quantitative estimate of drug-likeness (QED) is 0.500. The van der Waals surface area contributed by atoms with E-state index in [-0.39, 0.29) is 55.0 Å². The van der Waals surface area contributed by atoms with Crippen molar-refractivity contribution in [1.29, 1.82) is 0 Å². The summed E-state index contributed by atoms with van der Waals surface area (Å²) >= 11 is 0.